The lowest BCUT2D eigenvalue weighted by Gasteiger charge is -2.35. The molecule has 0 saturated heterocycles. The number of carbonyl (C=O) groups is 1. The van der Waals surface area contributed by atoms with Crippen LogP contribution >= 0.6 is 0 Å². The standard InChI is InChI=1S/C13H18F2N2O3S/c1-5-13(2,3)17(4)12(18)8-6-11(21(16,19)20)10(15)7-9(8)14/h6-7H,5H2,1-4H3,(H2,16,19,20). The van der Waals surface area contributed by atoms with Gasteiger partial charge in [0.2, 0.25) is 10.0 Å². The maximum absolute atomic E-state index is 13.8. The highest BCUT2D eigenvalue weighted by Crippen LogP contribution is 2.23. The molecule has 0 aliphatic rings. The SMILES string of the molecule is CCC(C)(C)N(C)C(=O)c1cc(S(N)(=O)=O)c(F)cc1F. The van der Waals surface area contributed by atoms with Gasteiger partial charge >= 0.3 is 0 Å². The lowest BCUT2D eigenvalue weighted by atomic mass is 9.99. The number of nitrogens with zero attached hydrogens (tertiary/aromatic N) is 1. The number of benzene rings is 1. The Morgan fingerprint density at radius 2 is 1.81 bits per heavy atom. The molecule has 1 amide bonds. The predicted molar refractivity (Wildman–Crippen MR) is 74.2 cm³/mol. The van der Waals surface area contributed by atoms with Crippen LogP contribution in [-0.4, -0.2) is 31.8 Å². The van der Waals surface area contributed by atoms with Crippen LogP contribution in [0.1, 0.15) is 37.6 Å². The molecule has 5 nitrogen and oxygen atoms in total. The molecule has 118 valence electrons. The summed E-state index contributed by atoms with van der Waals surface area (Å²) < 4.78 is 49.8. The molecular formula is C13H18F2N2O3S. The highest BCUT2D eigenvalue weighted by Gasteiger charge is 2.30. The number of carbonyl (C=O) groups excluding carboxylic acids is 1. The minimum Gasteiger partial charge on any atom is -0.337 e. The van der Waals surface area contributed by atoms with Crippen molar-refractivity contribution in [2.24, 2.45) is 5.14 Å². The Bertz CT molecular complexity index is 672. The first-order valence-corrected chi connectivity index (χ1v) is 7.76. The molecule has 0 atom stereocenters. The summed E-state index contributed by atoms with van der Waals surface area (Å²) in [6.45, 7) is 5.39. The fourth-order valence-electron chi connectivity index (χ4n) is 1.60. The van der Waals surface area contributed by atoms with Gasteiger partial charge in [-0.3, -0.25) is 4.79 Å². The molecule has 0 aromatic heterocycles. The zero-order chi connectivity index (χ0) is 16.6. The number of halogens is 2. The van der Waals surface area contributed by atoms with Crippen molar-refractivity contribution in [1.29, 1.82) is 0 Å². The molecule has 8 heteroatoms. The molecule has 0 bridgehead atoms. The van der Waals surface area contributed by atoms with Gasteiger partial charge in [-0.05, 0) is 26.3 Å². The van der Waals surface area contributed by atoms with Gasteiger partial charge in [0.15, 0.2) is 0 Å². The summed E-state index contributed by atoms with van der Waals surface area (Å²) in [5, 5.41) is 4.85. The van der Waals surface area contributed by atoms with Gasteiger partial charge in [-0.25, -0.2) is 22.3 Å². The van der Waals surface area contributed by atoms with Crippen LogP contribution in [0.3, 0.4) is 0 Å². The second kappa shape index (κ2) is 5.69. The summed E-state index contributed by atoms with van der Waals surface area (Å²) in [4.78, 5) is 12.7. The van der Waals surface area contributed by atoms with Gasteiger partial charge < -0.3 is 4.90 Å². The van der Waals surface area contributed by atoms with Crippen molar-refractivity contribution in [3.8, 4) is 0 Å². The van der Waals surface area contributed by atoms with Crippen LogP contribution in [0.5, 0.6) is 0 Å². The summed E-state index contributed by atoms with van der Waals surface area (Å²) >= 11 is 0. The van der Waals surface area contributed by atoms with E-state index in [0.717, 1.165) is 0 Å². The van der Waals surface area contributed by atoms with Crippen molar-refractivity contribution in [1.82, 2.24) is 4.90 Å². The van der Waals surface area contributed by atoms with Crippen molar-refractivity contribution in [3.63, 3.8) is 0 Å². The zero-order valence-corrected chi connectivity index (χ0v) is 13.1. The number of hydrogen-bond acceptors (Lipinski definition) is 3. The lowest BCUT2D eigenvalue weighted by molar-refractivity contribution is 0.0615. The Hall–Kier alpha value is -1.54. The lowest BCUT2D eigenvalue weighted by Crippen LogP contribution is -2.44. The zero-order valence-electron chi connectivity index (χ0n) is 12.3. The van der Waals surface area contributed by atoms with E-state index in [-0.39, 0.29) is 0 Å². The van der Waals surface area contributed by atoms with Crippen molar-refractivity contribution < 1.29 is 22.0 Å². The van der Waals surface area contributed by atoms with Crippen LogP contribution in [0, 0.1) is 11.6 Å². The quantitative estimate of drug-likeness (QED) is 0.919. The second-order valence-corrected chi connectivity index (χ2v) is 6.87. The van der Waals surface area contributed by atoms with Crippen LogP contribution < -0.4 is 5.14 Å². The highest BCUT2D eigenvalue weighted by molar-refractivity contribution is 7.89. The molecular weight excluding hydrogens is 302 g/mol. The molecule has 0 saturated carbocycles. The first kappa shape index (κ1) is 17.5. The topological polar surface area (TPSA) is 80.5 Å². The van der Waals surface area contributed by atoms with E-state index in [2.05, 4.69) is 0 Å². The number of nitrogens with two attached hydrogens (primary N) is 1. The summed E-state index contributed by atoms with van der Waals surface area (Å²) in [6, 6.07) is 0.977. The number of amides is 1. The average Bonchev–Trinajstić information content (AvgIpc) is 2.35. The minimum atomic E-state index is -4.39. The van der Waals surface area contributed by atoms with Gasteiger partial charge in [0.05, 0.1) is 5.56 Å². The molecule has 0 fully saturated rings. The van der Waals surface area contributed by atoms with Crippen LogP contribution in [0.25, 0.3) is 0 Å². The van der Waals surface area contributed by atoms with E-state index >= 15 is 0 Å². The minimum absolute atomic E-state index is 0.347. The van der Waals surface area contributed by atoms with Gasteiger partial charge in [0.1, 0.15) is 16.5 Å². The third-order valence-electron chi connectivity index (χ3n) is 3.64. The molecule has 1 aromatic rings. The van der Waals surface area contributed by atoms with Crippen molar-refractivity contribution in [2.75, 3.05) is 7.05 Å². The van der Waals surface area contributed by atoms with Crippen LogP contribution in [0.15, 0.2) is 17.0 Å². The molecule has 0 heterocycles. The maximum atomic E-state index is 13.8. The molecule has 0 spiro atoms. The fourth-order valence-corrected chi connectivity index (χ4v) is 2.22. The van der Waals surface area contributed by atoms with Gasteiger partial charge in [0.25, 0.3) is 5.91 Å². The van der Waals surface area contributed by atoms with Crippen LogP contribution in [0.4, 0.5) is 8.78 Å². The van der Waals surface area contributed by atoms with Crippen molar-refractivity contribution in [3.05, 3.63) is 29.3 Å². The van der Waals surface area contributed by atoms with Gasteiger partial charge in [-0.1, -0.05) is 6.92 Å². The van der Waals surface area contributed by atoms with E-state index in [1.165, 1.54) is 11.9 Å². The Kier molecular flexibility index (Phi) is 4.74. The van der Waals surface area contributed by atoms with E-state index in [1.54, 1.807) is 13.8 Å². The molecule has 1 rings (SSSR count). The van der Waals surface area contributed by atoms with Gasteiger partial charge in [-0.2, -0.15) is 0 Å². The van der Waals surface area contributed by atoms with Crippen LogP contribution in [0.2, 0.25) is 0 Å². The number of primary sulfonamides is 1. The summed E-state index contributed by atoms with van der Waals surface area (Å²) in [5.41, 5.74) is -1.11. The Morgan fingerprint density at radius 3 is 2.24 bits per heavy atom. The molecule has 0 aliphatic heterocycles. The number of sulfonamides is 1. The van der Waals surface area contributed by atoms with Crippen LogP contribution in [-0.2, 0) is 10.0 Å². The number of rotatable bonds is 4. The third kappa shape index (κ3) is 3.56. The largest absolute Gasteiger partial charge is 0.337 e. The Morgan fingerprint density at radius 1 is 1.29 bits per heavy atom. The number of hydrogen-bond donors (Lipinski definition) is 1. The smallest absolute Gasteiger partial charge is 0.257 e. The van der Waals surface area contributed by atoms with E-state index in [4.69, 9.17) is 5.14 Å². The highest BCUT2D eigenvalue weighted by atomic mass is 32.2. The monoisotopic (exact) mass is 320 g/mol. The van der Waals surface area contributed by atoms with Crippen molar-refractivity contribution in [2.45, 2.75) is 37.6 Å². The first-order chi connectivity index (χ1) is 9.41. The second-order valence-electron chi connectivity index (χ2n) is 5.34. The summed E-state index contributed by atoms with van der Waals surface area (Å²) in [6.07, 6.45) is 0.597. The van der Waals surface area contributed by atoms with Crippen molar-refractivity contribution >= 4 is 15.9 Å². The summed E-state index contributed by atoms with van der Waals surface area (Å²) in [5.74, 6) is -3.21. The van der Waals surface area contributed by atoms with Gasteiger partial charge in [0, 0.05) is 18.7 Å². The third-order valence-corrected chi connectivity index (χ3v) is 4.56. The molecule has 1 aromatic carbocycles. The molecule has 0 radical (unpaired) electrons. The Labute approximate surface area is 122 Å². The van der Waals surface area contributed by atoms with Gasteiger partial charge in [-0.15, -0.1) is 0 Å². The fraction of sp³-hybridized carbons (Fsp3) is 0.462. The van der Waals surface area contributed by atoms with E-state index < -0.39 is 43.6 Å². The molecule has 21 heavy (non-hydrogen) atoms. The molecule has 2 N–H and O–H groups in total. The average molecular weight is 320 g/mol. The van der Waals surface area contributed by atoms with E-state index in [9.17, 15) is 22.0 Å². The Balaban J connectivity index is 3.41. The molecule has 0 unspecified atom stereocenters. The van der Waals surface area contributed by atoms with E-state index in [1.807, 2.05) is 6.92 Å². The normalized spacial score (nSPS) is 12.3. The summed E-state index contributed by atoms with van der Waals surface area (Å²) in [7, 11) is -2.92. The first-order valence-electron chi connectivity index (χ1n) is 6.22. The maximum Gasteiger partial charge on any atom is 0.257 e. The predicted octanol–water partition coefficient (Wildman–Crippen LogP) is 1.87. The van der Waals surface area contributed by atoms with E-state index in [0.29, 0.717) is 18.6 Å². The molecule has 0 aliphatic carbocycles.